The molecule has 4 nitrogen and oxygen atoms in total. The normalized spacial score (nSPS) is 10.8. The molecule has 2 aromatic rings. The third-order valence-corrected chi connectivity index (χ3v) is 3.21. The molecule has 1 heterocycles. The van der Waals surface area contributed by atoms with Crippen LogP contribution in [0.5, 0.6) is 0 Å². The van der Waals surface area contributed by atoms with Crippen LogP contribution in [0.25, 0.3) is 17.0 Å². The monoisotopic (exact) mass is 245 g/mol. The summed E-state index contributed by atoms with van der Waals surface area (Å²) in [5.41, 5.74) is 8.85. The van der Waals surface area contributed by atoms with Crippen LogP contribution in [0.3, 0.4) is 0 Å². The van der Waals surface area contributed by atoms with Gasteiger partial charge in [0, 0.05) is 10.9 Å². The highest BCUT2D eigenvalue weighted by Gasteiger charge is 2.20. The van der Waals surface area contributed by atoms with E-state index >= 15 is 0 Å². The van der Waals surface area contributed by atoms with Crippen LogP contribution >= 0.6 is 0 Å². The summed E-state index contributed by atoms with van der Waals surface area (Å²) in [5.74, 6) is -0.438. The summed E-state index contributed by atoms with van der Waals surface area (Å²) in [7, 11) is 0. The first kappa shape index (κ1) is 12.4. The number of carbonyl (C=O) groups is 1. The Bertz CT molecular complexity index is 653. The zero-order valence-corrected chi connectivity index (χ0v) is 10.4. The SMILES string of the molecule is C=Cc1c(CN)oc2c(C(=O)O)cc(C)c(C)c12. The van der Waals surface area contributed by atoms with Gasteiger partial charge in [-0.05, 0) is 31.0 Å². The molecule has 0 radical (unpaired) electrons. The van der Waals surface area contributed by atoms with Gasteiger partial charge in [-0.1, -0.05) is 12.7 Å². The number of hydrogen-bond acceptors (Lipinski definition) is 3. The quantitative estimate of drug-likeness (QED) is 0.871. The number of carboxylic acids is 1. The van der Waals surface area contributed by atoms with Crippen molar-refractivity contribution >= 4 is 23.0 Å². The van der Waals surface area contributed by atoms with E-state index in [4.69, 9.17) is 10.2 Å². The highest BCUT2D eigenvalue weighted by atomic mass is 16.4. The minimum absolute atomic E-state index is 0.163. The van der Waals surface area contributed by atoms with Crippen molar-refractivity contribution in [1.29, 1.82) is 0 Å². The second-order valence-electron chi connectivity index (χ2n) is 4.22. The maximum atomic E-state index is 11.3. The van der Waals surface area contributed by atoms with Crippen LogP contribution < -0.4 is 5.73 Å². The summed E-state index contributed by atoms with van der Waals surface area (Å²) in [4.78, 5) is 11.3. The Labute approximate surface area is 105 Å². The molecule has 0 aliphatic heterocycles. The van der Waals surface area contributed by atoms with Gasteiger partial charge in [-0.2, -0.15) is 0 Å². The first-order chi connectivity index (χ1) is 8.51. The van der Waals surface area contributed by atoms with E-state index in [1.165, 1.54) is 0 Å². The number of aryl methyl sites for hydroxylation is 2. The second-order valence-corrected chi connectivity index (χ2v) is 4.22. The largest absolute Gasteiger partial charge is 0.478 e. The van der Waals surface area contributed by atoms with Crippen molar-refractivity contribution in [2.24, 2.45) is 5.73 Å². The van der Waals surface area contributed by atoms with E-state index in [9.17, 15) is 9.90 Å². The van der Waals surface area contributed by atoms with Gasteiger partial charge < -0.3 is 15.3 Å². The van der Waals surface area contributed by atoms with E-state index in [1.54, 1.807) is 12.1 Å². The summed E-state index contributed by atoms with van der Waals surface area (Å²) in [6.07, 6.45) is 1.66. The van der Waals surface area contributed by atoms with Crippen molar-refractivity contribution in [3.8, 4) is 0 Å². The lowest BCUT2D eigenvalue weighted by Crippen LogP contribution is -1.99. The molecular formula is C14H15NO3. The fourth-order valence-corrected chi connectivity index (χ4v) is 2.17. The van der Waals surface area contributed by atoms with Crippen molar-refractivity contribution < 1.29 is 14.3 Å². The number of carboxylic acid groups (broad SMARTS) is 1. The van der Waals surface area contributed by atoms with E-state index in [-0.39, 0.29) is 12.1 Å². The molecule has 0 aliphatic carbocycles. The van der Waals surface area contributed by atoms with Crippen LogP contribution in [-0.4, -0.2) is 11.1 Å². The molecule has 0 unspecified atom stereocenters. The first-order valence-corrected chi connectivity index (χ1v) is 5.62. The van der Waals surface area contributed by atoms with Gasteiger partial charge in [-0.3, -0.25) is 0 Å². The molecule has 0 atom stereocenters. The molecule has 2 rings (SSSR count). The third kappa shape index (κ3) is 1.62. The van der Waals surface area contributed by atoms with Crippen molar-refractivity contribution in [3.63, 3.8) is 0 Å². The standard InChI is InChI=1S/C14H15NO3/c1-4-9-11(6-15)18-13-10(14(16)17)5-7(2)8(3)12(9)13/h4-5H,1,6,15H2,2-3H3,(H,16,17). The second kappa shape index (κ2) is 4.31. The molecule has 4 heteroatoms. The van der Waals surface area contributed by atoms with Crippen LogP contribution in [0.2, 0.25) is 0 Å². The predicted molar refractivity (Wildman–Crippen MR) is 70.6 cm³/mol. The van der Waals surface area contributed by atoms with Gasteiger partial charge in [-0.25, -0.2) is 4.79 Å². The average Bonchev–Trinajstić information content (AvgIpc) is 2.71. The van der Waals surface area contributed by atoms with Crippen LogP contribution in [0.4, 0.5) is 0 Å². The molecule has 1 aromatic heterocycles. The van der Waals surface area contributed by atoms with Crippen LogP contribution in [-0.2, 0) is 6.54 Å². The summed E-state index contributed by atoms with van der Waals surface area (Å²) in [5, 5.41) is 10.0. The molecule has 0 saturated carbocycles. The number of furan rings is 1. The van der Waals surface area contributed by atoms with E-state index in [2.05, 4.69) is 6.58 Å². The maximum absolute atomic E-state index is 11.3. The van der Waals surface area contributed by atoms with Crippen molar-refractivity contribution in [2.75, 3.05) is 0 Å². The summed E-state index contributed by atoms with van der Waals surface area (Å²) < 4.78 is 5.59. The number of benzene rings is 1. The maximum Gasteiger partial charge on any atom is 0.339 e. The minimum Gasteiger partial charge on any atom is -0.478 e. The Morgan fingerprint density at radius 3 is 2.72 bits per heavy atom. The van der Waals surface area contributed by atoms with Crippen LogP contribution in [0, 0.1) is 13.8 Å². The summed E-state index contributed by atoms with van der Waals surface area (Å²) in [6, 6.07) is 1.62. The average molecular weight is 245 g/mol. The lowest BCUT2D eigenvalue weighted by atomic mass is 9.98. The molecule has 0 fully saturated rings. The van der Waals surface area contributed by atoms with Gasteiger partial charge in [-0.15, -0.1) is 0 Å². The number of rotatable bonds is 3. The fraction of sp³-hybridized carbons (Fsp3) is 0.214. The van der Waals surface area contributed by atoms with Gasteiger partial charge in [0.1, 0.15) is 16.9 Å². The molecule has 18 heavy (non-hydrogen) atoms. The van der Waals surface area contributed by atoms with Crippen LogP contribution in [0.1, 0.15) is 32.8 Å². The lowest BCUT2D eigenvalue weighted by Gasteiger charge is -2.05. The third-order valence-electron chi connectivity index (χ3n) is 3.21. The number of fused-ring (bicyclic) bond motifs is 1. The Morgan fingerprint density at radius 2 is 2.22 bits per heavy atom. The first-order valence-electron chi connectivity index (χ1n) is 5.62. The number of aromatic carboxylic acids is 1. The Kier molecular flexibility index (Phi) is 2.97. The predicted octanol–water partition coefficient (Wildman–Crippen LogP) is 2.85. The number of nitrogens with two attached hydrogens (primary N) is 1. The molecular weight excluding hydrogens is 230 g/mol. The van der Waals surface area contributed by atoms with Crippen molar-refractivity contribution in [2.45, 2.75) is 20.4 Å². The summed E-state index contributed by atoms with van der Waals surface area (Å²) >= 11 is 0. The van der Waals surface area contributed by atoms with E-state index in [0.29, 0.717) is 11.3 Å². The molecule has 94 valence electrons. The molecule has 1 aromatic carbocycles. The minimum atomic E-state index is -1.00. The van der Waals surface area contributed by atoms with E-state index in [0.717, 1.165) is 22.1 Å². The van der Waals surface area contributed by atoms with Gasteiger partial charge in [0.2, 0.25) is 0 Å². The summed E-state index contributed by atoms with van der Waals surface area (Å²) in [6.45, 7) is 7.77. The van der Waals surface area contributed by atoms with Gasteiger partial charge in [0.25, 0.3) is 0 Å². The Morgan fingerprint density at radius 1 is 1.56 bits per heavy atom. The topological polar surface area (TPSA) is 76.5 Å². The molecule has 0 bridgehead atoms. The molecule has 0 spiro atoms. The molecule has 0 aliphatic rings. The smallest absolute Gasteiger partial charge is 0.339 e. The number of hydrogen-bond donors (Lipinski definition) is 2. The highest BCUT2D eigenvalue weighted by Crippen LogP contribution is 2.33. The van der Waals surface area contributed by atoms with E-state index < -0.39 is 5.97 Å². The zero-order chi connectivity index (χ0) is 13.4. The Balaban J connectivity index is 3.00. The lowest BCUT2D eigenvalue weighted by molar-refractivity contribution is 0.0697. The van der Waals surface area contributed by atoms with Gasteiger partial charge in [0.15, 0.2) is 0 Å². The highest BCUT2D eigenvalue weighted by molar-refractivity contribution is 6.05. The van der Waals surface area contributed by atoms with Crippen LogP contribution in [0.15, 0.2) is 17.1 Å². The molecule has 3 N–H and O–H groups in total. The Hall–Kier alpha value is -2.07. The van der Waals surface area contributed by atoms with Gasteiger partial charge >= 0.3 is 5.97 Å². The molecule has 0 saturated heterocycles. The van der Waals surface area contributed by atoms with Crippen molar-refractivity contribution in [1.82, 2.24) is 0 Å². The van der Waals surface area contributed by atoms with Crippen molar-refractivity contribution in [3.05, 3.63) is 40.7 Å². The van der Waals surface area contributed by atoms with Gasteiger partial charge in [0.05, 0.1) is 6.54 Å². The zero-order valence-electron chi connectivity index (χ0n) is 10.4. The van der Waals surface area contributed by atoms with E-state index in [1.807, 2.05) is 13.8 Å². The molecule has 0 amide bonds. The fourth-order valence-electron chi connectivity index (χ4n) is 2.17.